The van der Waals surface area contributed by atoms with Gasteiger partial charge in [0.1, 0.15) is 17.4 Å². The van der Waals surface area contributed by atoms with Crippen molar-refractivity contribution in [2.24, 2.45) is 0 Å². The molecule has 0 saturated heterocycles. The fourth-order valence-corrected chi connectivity index (χ4v) is 4.55. The second-order valence-electron chi connectivity index (χ2n) is 9.47. The Morgan fingerprint density at radius 3 is 2.43 bits per heavy atom. The number of carbonyl (C=O) groups excluding carboxylic acids is 1. The lowest BCUT2D eigenvalue weighted by molar-refractivity contribution is 0.0696. The minimum Gasteiger partial charge on any atom is -0.497 e. The molecule has 0 aliphatic rings. The van der Waals surface area contributed by atoms with Crippen LogP contribution in [0.15, 0.2) is 78.9 Å². The molecule has 2 heterocycles. The molecule has 0 fully saturated rings. The highest BCUT2D eigenvalue weighted by atomic mass is 19.1. The number of ketones is 1. The van der Waals surface area contributed by atoms with Gasteiger partial charge in [0.15, 0.2) is 12.4 Å². The number of ether oxygens (including phenoxy) is 3. The van der Waals surface area contributed by atoms with E-state index in [-0.39, 0.29) is 30.3 Å². The van der Waals surface area contributed by atoms with E-state index >= 15 is 4.39 Å². The molecule has 214 valence electrons. The van der Waals surface area contributed by atoms with Gasteiger partial charge in [-0.15, -0.1) is 0 Å². The molecule has 3 aromatic carbocycles. The van der Waals surface area contributed by atoms with Gasteiger partial charge < -0.3 is 23.9 Å². The standard InChI is InChI=1S/C32H28FN3O6/c1-40-15-14-36-28-17-23(32(38)39)10-13-27(28)34-30(36)18-21-6-7-22(16-25(21)33)26-4-3-5-31(35-26)42-19-29(37)20-8-11-24(41-2)12-9-20/h3-13,16-17H,14-15,18-19H2,1-2H3,(H,38,39). The number of nitrogens with zero attached hydrogens (tertiary/aromatic N) is 3. The topological polar surface area (TPSA) is 113 Å². The molecule has 0 aliphatic heterocycles. The Morgan fingerprint density at radius 1 is 0.929 bits per heavy atom. The third-order valence-corrected chi connectivity index (χ3v) is 6.78. The summed E-state index contributed by atoms with van der Waals surface area (Å²) in [6.07, 6.45) is 0.191. The van der Waals surface area contributed by atoms with Crippen LogP contribution in [0.4, 0.5) is 4.39 Å². The average Bonchev–Trinajstić information content (AvgIpc) is 3.35. The molecular weight excluding hydrogens is 541 g/mol. The molecule has 1 N–H and O–H groups in total. The maximum atomic E-state index is 15.4. The third-order valence-electron chi connectivity index (χ3n) is 6.78. The van der Waals surface area contributed by atoms with E-state index in [0.717, 1.165) is 0 Å². The lowest BCUT2D eigenvalue weighted by Crippen LogP contribution is -2.12. The minimum absolute atomic E-state index is 0.145. The van der Waals surface area contributed by atoms with E-state index < -0.39 is 11.8 Å². The molecule has 5 aromatic rings. The number of aromatic nitrogens is 3. The van der Waals surface area contributed by atoms with E-state index in [2.05, 4.69) is 9.97 Å². The lowest BCUT2D eigenvalue weighted by atomic mass is 10.1. The number of fused-ring (bicyclic) bond motifs is 1. The number of carboxylic acids is 1. The van der Waals surface area contributed by atoms with E-state index in [1.165, 1.54) is 12.1 Å². The van der Waals surface area contributed by atoms with E-state index in [1.807, 2.05) is 4.57 Å². The van der Waals surface area contributed by atoms with Gasteiger partial charge in [-0.2, -0.15) is 0 Å². The van der Waals surface area contributed by atoms with E-state index in [1.54, 1.807) is 80.9 Å². The van der Waals surface area contributed by atoms with Gasteiger partial charge in [0.2, 0.25) is 5.88 Å². The molecule has 9 nitrogen and oxygen atoms in total. The zero-order valence-electron chi connectivity index (χ0n) is 23.0. The van der Waals surface area contributed by atoms with Crippen LogP contribution in [0.5, 0.6) is 11.6 Å². The Balaban J connectivity index is 1.33. The van der Waals surface area contributed by atoms with Crippen molar-refractivity contribution in [3.63, 3.8) is 0 Å². The second-order valence-corrected chi connectivity index (χ2v) is 9.47. The van der Waals surface area contributed by atoms with Crippen LogP contribution in [0.2, 0.25) is 0 Å². The van der Waals surface area contributed by atoms with Crippen molar-refractivity contribution in [1.82, 2.24) is 14.5 Å². The van der Waals surface area contributed by atoms with Gasteiger partial charge in [0.05, 0.1) is 36.0 Å². The van der Waals surface area contributed by atoms with Crippen molar-refractivity contribution in [3.8, 4) is 22.9 Å². The van der Waals surface area contributed by atoms with E-state index in [4.69, 9.17) is 14.2 Å². The van der Waals surface area contributed by atoms with E-state index in [0.29, 0.717) is 58.1 Å². The molecule has 0 unspecified atom stereocenters. The molecule has 0 aliphatic carbocycles. The Morgan fingerprint density at radius 2 is 1.71 bits per heavy atom. The molecule has 0 atom stereocenters. The summed E-state index contributed by atoms with van der Waals surface area (Å²) < 4.78 is 33.2. The Bertz CT molecular complexity index is 1750. The molecule has 5 rings (SSSR count). The highest BCUT2D eigenvalue weighted by Gasteiger charge is 2.16. The molecule has 2 aromatic heterocycles. The van der Waals surface area contributed by atoms with Gasteiger partial charge in [0, 0.05) is 37.3 Å². The number of benzene rings is 3. The van der Waals surface area contributed by atoms with Gasteiger partial charge in [0.25, 0.3) is 0 Å². The largest absolute Gasteiger partial charge is 0.497 e. The summed E-state index contributed by atoms with van der Waals surface area (Å²) in [5.74, 6) is -0.203. The van der Waals surface area contributed by atoms with Crippen molar-refractivity contribution in [3.05, 3.63) is 107 Å². The normalized spacial score (nSPS) is 11.0. The van der Waals surface area contributed by atoms with Crippen molar-refractivity contribution >= 4 is 22.8 Å². The van der Waals surface area contributed by atoms with Crippen LogP contribution in [-0.2, 0) is 17.7 Å². The molecular formula is C32H28FN3O6. The van der Waals surface area contributed by atoms with Crippen LogP contribution in [-0.4, -0.2) is 58.8 Å². The second kappa shape index (κ2) is 12.6. The molecule has 0 bridgehead atoms. The number of aromatic carboxylic acids is 1. The number of hydrogen-bond acceptors (Lipinski definition) is 7. The van der Waals surface area contributed by atoms with Crippen LogP contribution >= 0.6 is 0 Å². The number of carboxylic acid groups (broad SMARTS) is 1. The number of hydrogen-bond donors (Lipinski definition) is 1. The average molecular weight is 570 g/mol. The van der Waals surface area contributed by atoms with Gasteiger partial charge >= 0.3 is 5.97 Å². The highest BCUT2D eigenvalue weighted by molar-refractivity contribution is 5.97. The number of rotatable bonds is 12. The number of imidazole rings is 1. The molecule has 0 spiro atoms. The van der Waals surface area contributed by atoms with Crippen LogP contribution in [0.3, 0.4) is 0 Å². The number of methoxy groups -OCH3 is 2. The molecule has 42 heavy (non-hydrogen) atoms. The molecule has 0 amide bonds. The fraction of sp³-hybridized carbons (Fsp3) is 0.188. The molecule has 0 saturated carbocycles. The first kappa shape index (κ1) is 28.4. The Kier molecular flexibility index (Phi) is 8.54. The summed E-state index contributed by atoms with van der Waals surface area (Å²) >= 11 is 0. The number of pyridine rings is 1. The molecule has 0 radical (unpaired) electrons. The SMILES string of the molecule is COCCn1c(Cc2ccc(-c3cccc(OCC(=O)c4ccc(OC)cc4)n3)cc2F)nc2ccc(C(=O)O)cc21. The van der Waals surface area contributed by atoms with Crippen LogP contribution in [0.25, 0.3) is 22.3 Å². The first-order valence-electron chi connectivity index (χ1n) is 13.1. The number of Topliss-reactive ketones (excluding diaryl/α,β-unsaturated/α-hetero) is 1. The van der Waals surface area contributed by atoms with E-state index in [9.17, 15) is 14.7 Å². The zero-order chi connectivity index (χ0) is 29.6. The first-order valence-corrected chi connectivity index (χ1v) is 13.1. The maximum Gasteiger partial charge on any atom is 0.335 e. The predicted molar refractivity (Wildman–Crippen MR) is 154 cm³/mol. The summed E-state index contributed by atoms with van der Waals surface area (Å²) in [7, 11) is 3.13. The predicted octanol–water partition coefficient (Wildman–Crippen LogP) is 5.44. The quantitative estimate of drug-likeness (QED) is 0.198. The maximum absolute atomic E-state index is 15.4. The number of carbonyl (C=O) groups is 2. The van der Waals surface area contributed by atoms with Crippen molar-refractivity contribution in [2.75, 3.05) is 27.4 Å². The summed E-state index contributed by atoms with van der Waals surface area (Å²) in [5.41, 5.74) is 3.35. The van der Waals surface area contributed by atoms with Crippen molar-refractivity contribution < 1.29 is 33.3 Å². The minimum atomic E-state index is -1.04. The van der Waals surface area contributed by atoms with Gasteiger partial charge in [-0.05, 0) is 60.2 Å². The van der Waals surface area contributed by atoms with Crippen molar-refractivity contribution in [1.29, 1.82) is 0 Å². The summed E-state index contributed by atoms with van der Waals surface area (Å²) in [4.78, 5) is 33.1. The number of halogens is 1. The molecule has 10 heteroatoms. The zero-order valence-corrected chi connectivity index (χ0v) is 23.0. The Labute approximate surface area is 241 Å². The van der Waals surface area contributed by atoms with Crippen molar-refractivity contribution in [2.45, 2.75) is 13.0 Å². The third kappa shape index (κ3) is 6.29. The summed E-state index contributed by atoms with van der Waals surface area (Å²) in [5, 5.41) is 9.41. The van der Waals surface area contributed by atoms with Gasteiger partial charge in [-0.3, -0.25) is 4.79 Å². The lowest BCUT2D eigenvalue weighted by Gasteiger charge is -2.11. The fourth-order valence-electron chi connectivity index (χ4n) is 4.55. The Hall–Kier alpha value is -5.09. The summed E-state index contributed by atoms with van der Waals surface area (Å²) in [6, 6.07) is 21.4. The van der Waals surface area contributed by atoms with Gasteiger partial charge in [-0.1, -0.05) is 18.2 Å². The van der Waals surface area contributed by atoms with Crippen LogP contribution in [0, 0.1) is 5.82 Å². The monoisotopic (exact) mass is 569 g/mol. The van der Waals surface area contributed by atoms with Gasteiger partial charge in [-0.25, -0.2) is 19.2 Å². The smallest absolute Gasteiger partial charge is 0.335 e. The first-order chi connectivity index (χ1) is 20.4. The van der Waals surface area contributed by atoms with Crippen LogP contribution in [0.1, 0.15) is 32.1 Å². The summed E-state index contributed by atoms with van der Waals surface area (Å²) in [6.45, 7) is 0.615. The highest BCUT2D eigenvalue weighted by Crippen LogP contribution is 2.26. The van der Waals surface area contributed by atoms with Crippen LogP contribution < -0.4 is 9.47 Å².